The van der Waals surface area contributed by atoms with Crippen molar-refractivity contribution in [2.75, 3.05) is 7.11 Å². The standard InChI is InChI=1S/C10H13N3O2/c1-3-8-12-7-5-11-4-6(7)9(13-8)10(14)15-2/h11H,3-5H2,1-2H3. The van der Waals surface area contributed by atoms with Crippen LogP contribution in [0.1, 0.15) is 34.5 Å². The molecule has 1 aliphatic rings. The lowest BCUT2D eigenvalue weighted by Gasteiger charge is -2.06. The Hall–Kier alpha value is -1.49. The molecule has 15 heavy (non-hydrogen) atoms. The number of aryl methyl sites for hydroxylation is 1. The Morgan fingerprint density at radius 3 is 2.93 bits per heavy atom. The summed E-state index contributed by atoms with van der Waals surface area (Å²) in [5.74, 6) is 0.310. The van der Waals surface area contributed by atoms with Crippen molar-refractivity contribution >= 4 is 5.97 Å². The fourth-order valence-corrected chi connectivity index (χ4v) is 1.64. The van der Waals surface area contributed by atoms with E-state index in [0.717, 1.165) is 17.7 Å². The maximum Gasteiger partial charge on any atom is 0.357 e. The Bertz CT molecular complexity index is 404. The predicted octanol–water partition coefficient (Wildman–Crippen LogP) is 0.429. The van der Waals surface area contributed by atoms with E-state index in [1.54, 1.807) is 0 Å². The van der Waals surface area contributed by atoms with E-state index in [4.69, 9.17) is 4.74 Å². The van der Waals surface area contributed by atoms with Crippen LogP contribution >= 0.6 is 0 Å². The van der Waals surface area contributed by atoms with Gasteiger partial charge in [-0.25, -0.2) is 14.8 Å². The number of carbonyl (C=O) groups excluding carboxylic acids is 1. The molecule has 0 saturated heterocycles. The second-order valence-electron chi connectivity index (χ2n) is 3.36. The van der Waals surface area contributed by atoms with Gasteiger partial charge in [0.15, 0.2) is 5.69 Å². The van der Waals surface area contributed by atoms with Gasteiger partial charge < -0.3 is 10.1 Å². The van der Waals surface area contributed by atoms with Gasteiger partial charge in [0.1, 0.15) is 5.82 Å². The minimum Gasteiger partial charge on any atom is -0.464 e. The zero-order valence-corrected chi connectivity index (χ0v) is 8.83. The Morgan fingerprint density at radius 2 is 2.27 bits per heavy atom. The quantitative estimate of drug-likeness (QED) is 0.712. The molecule has 0 radical (unpaired) electrons. The number of fused-ring (bicyclic) bond motifs is 1. The van der Waals surface area contributed by atoms with Crippen LogP contribution in [0.5, 0.6) is 0 Å². The summed E-state index contributed by atoms with van der Waals surface area (Å²) in [7, 11) is 1.37. The predicted molar refractivity (Wildman–Crippen MR) is 53.3 cm³/mol. The Kier molecular flexibility index (Phi) is 2.64. The molecule has 0 saturated carbocycles. The first kappa shape index (κ1) is 10.0. The minimum absolute atomic E-state index is 0.382. The molecule has 5 nitrogen and oxygen atoms in total. The van der Waals surface area contributed by atoms with Crippen LogP contribution in [0.25, 0.3) is 0 Å². The Balaban J connectivity index is 2.52. The molecular formula is C10H13N3O2. The Labute approximate surface area is 87.9 Å². The van der Waals surface area contributed by atoms with Gasteiger partial charge in [-0.15, -0.1) is 0 Å². The lowest BCUT2D eigenvalue weighted by Crippen LogP contribution is -2.12. The van der Waals surface area contributed by atoms with Crippen molar-refractivity contribution in [1.29, 1.82) is 0 Å². The number of hydrogen-bond acceptors (Lipinski definition) is 5. The number of hydrogen-bond donors (Lipinski definition) is 1. The largest absolute Gasteiger partial charge is 0.464 e. The third-order valence-corrected chi connectivity index (χ3v) is 2.43. The van der Waals surface area contributed by atoms with E-state index in [0.29, 0.717) is 24.6 Å². The van der Waals surface area contributed by atoms with Crippen molar-refractivity contribution in [3.63, 3.8) is 0 Å². The van der Waals surface area contributed by atoms with Gasteiger partial charge in [-0.1, -0.05) is 6.92 Å². The highest BCUT2D eigenvalue weighted by Crippen LogP contribution is 2.17. The number of esters is 1. The van der Waals surface area contributed by atoms with Crippen molar-refractivity contribution in [3.8, 4) is 0 Å². The smallest absolute Gasteiger partial charge is 0.357 e. The average Bonchev–Trinajstić information content (AvgIpc) is 2.74. The van der Waals surface area contributed by atoms with Crippen LogP contribution in [-0.4, -0.2) is 23.0 Å². The number of aromatic nitrogens is 2. The number of carbonyl (C=O) groups is 1. The van der Waals surface area contributed by atoms with Gasteiger partial charge >= 0.3 is 5.97 Å². The summed E-state index contributed by atoms with van der Waals surface area (Å²) in [6.07, 6.45) is 0.720. The lowest BCUT2D eigenvalue weighted by atomic mass is 10.2. The molecule has 1 aromatic rings. The number of nitrogens with one attached hydrogen (secondary N) is 1. The molecule has 80 valence electrons. The van der Waals surface area contributed by atoms with E-state index in [2.05, 4.69) is 15.3 Å². The Morgan fingerprint density at radius 1 is 1.47 bits per heavy atom. The van der Waals surface area contributed by atoms with Crippen molar-refractivity contribution in [1.82, 2.24) is 15.3 Å². The third kappa shape index (κ3) is 1.70. The molecule has 0 atom stereocenters. The fraction of sp³-hybridized carbons (Fsp3) is 0.500. The maximum absolute atomic E-state index is 11.5. The van der Waals surface area contributed by atoms with Crippen molar-refractivity contribution in [2.24, 2.45) is 0 Å². The van der Waals surface area contributed by atoms with Gasteiger partial charge in [0, 0.05) is 25.1 Å². The topological polar surface area (TPSA) is 64.1 Å². The summed E-state index contributed by atoms with van der Waals surface area (Å²) in [6.45, 7) is 3.31. The normalized spacial score (nSPS) is 13.7. The molecular weight excluding hydrogens is 194 g/mol. The van der Waals surface area contributed by atoms with Crippen molar-refractivity contribution in [2.45, 2.75) is 26.4 Å². The number of nitrogens with zero attached hydrogens (tertiary/aromatic N) is 2. The second kappa shape index (κ2) is 3.94. The molecule has 1 aromatic heterocycles. The van der Waals surface area contributed by atoms with Gasteiger partial charge in [-0.05, 0) is 0 Å². The summed E-state index contributed by atoms with van der Waals surface area (Å²) in [5.41, 5.74) is 2.20. The van der Waals surface area contributed by atoms with Crippen LogP contribution in [-0.2, 0) is 24.2 Å². The molecule has 0 fully saturated rings. The third-order valence-electron chi connectivity index (χ3n) is 2.43. The molecule has 2 heterocycles. The van der Waals surface area contributed by atoms with Crippen LogP contribution in [0.3, 0.4) is 0 Å². The highest BCUT2D eigenvalue weighted by molar-refractivity contribution is 5.89. The molecule has 2 rings (SSSR count). The first-order chi connectivity index (χ1) is 7.26. The van der Waals surface area contributed by atoms with Crippen molar-refractivity contribution in [3.05, 3.63) is 22.8 Å². The van der Waals surface area contributed by atoms with E-state index in [-0.39, 0.29) is 5.97 Å². The summed E-state index contributed by atoms with van der Waals surface area (Å²) >= 11 is 0. The second-order valence-corrected chi connectivity index (χ2v) is 3.36. The van der Waals surface area contributed by atoms with Gasteiger partial charge in [0.05, 0.1) is 12.8 Å². The minimum atomic E-state index is -0.382. The van der Waals surface area contributed by atoms with Crippen LogP contribution in [0.2, 0.25) is 0 Å². The van der Waals surface area contributed by atoms with E-state index >= 15 is 0 Å². The average molecular weight is 207 g/mol. The molecule has 0 aliphatic carbocycles. The maximum atomic E-state index is 11.5. The van der Waals surface area contributed by atoms with E-state index in [1.165, 1.54) is 7.11 Å². The molecule has 1 N–H and O–H groups in total. The monoisotopic (exact) mass is 207 g/mol. The van der Waals surface area contributed by atoms with Gasteiger partial charge in [-0.3, -0.25) is 0 Å². The zero-order valence-electron chi connectivity index (χ0n) is 8.83. The van der Waals surface area contributed by atoms with Crippen molar-refractivity contribution < 1.29 is 9.53 Å². The van der Waals surface area contributed by atoms with E-state index < -0.39 is 0 Å². The zero-order chi connectivity index (χ0) is 10.8. The van der Waals surface area contributed by atoms with Crippen LogP contribution < -0.4 is 5.32 Å². The summed E-state index contributed by atoms with van der Waals surface area (Å²) in [6, 6.07) is 0. The highest BCUT2D eigenvalue weighted by atomic mass is 16.5. The van der Waals surface area contributed by atoms with Gasteiger partial charge in [-0.2, -0.15) is 0 Å². The molecule has 0 spiro atoms. The summed E-state index contributed by atoms with van der Waals surface area (Å²) in [4.78, 5) is 20.1. The van der Waals surface area contributed by atoms with Gasteiger partial charge in [0.25, 0.3) is 0 Å². The molecule has 5 heteroatoms. The van der Waals surface area contributed by atoms with E-state index in [1.807, 2.05) is 6.92 Å². The van der Waals surface area contributed by atoms with E-state index in [9.17, 15) is 4.79 Å². The molecule has 1 aliphatic heterocycles. The first-order valence-corrected chi connectivity index (χ1v) is 4.94. The SMILES string of the molecule is CCc1nc2c(c(C(=O)OC)n1)CNC2. The van der Waals surface area contributed by atoms with Crippen LogP contribution in [0.15, 0.2) is 0 Å². The van der Waals surface area contributed by atoms with Crippen LogP contribution in [0, 0.1) is 0 Å². The molecule has 0 unspecified atom stereocenters. The number of methoxy groups -OCH3 is 1. The number of ether oxygens (including phenoxy) is 1. The van der Waals surface area contributed by atoms with Crippen LogP contribution in [0.4, 0.5) is 0 Å². The number of rotatable bonds is 2. The van der Waals surface area contributed by atoms with Gasteiger partial charge in [0.2, 0.25) is 0 Å². The highest BCUT2D eigenvalue weighted by Gasteiger charge is 2.23. The molecule has 0 amide bonds. The summed E-state index contributed by atoms with van der Waals surface area (Å²) in [5, 5.41) is 3.15. The molecule has 0 bridgehead atoms. The molecule has 0 aromatic carbocycles. The lowest BCUT2D eigenvalue weighted by molar-refractivity contribution is 0.0592. The first-order valence-electron chi connectivity index (χ1n) is 4.94. The fourth-order valence-electron chi connectivity index (χ4n) is 1.64. The summed E-state index contributed by atoms with van der Waals surface area (Å²) < 4.78 is 4.70.